The van der Waals surface area contributed by atoms with Crippen molar-refractivity contribution in [3.63, 3.8) is 0 Å². The Morgan fingerprint density at radius 2 is 1.82 bits per heavy atom. The van der Waals surface area contributed by atoms with Crippen LogP contribution >= 0.6 is 23.2 Å². The highest BCUT2D eigenvalue weighted by molar-refractivity contribution is 7.90. The maximum Gasteiger partial charge on any atom is 0.269 e. The van der Waals surface area contributed by atoms with Crippen LogP contribution in [0.25, 0.3) is 11.0 Å². The first-order valence-corrected chi connectivity index (χ1v) is 14.3. The lowest BCUT2D eigenvalue weighted by atomic mass is 10.1. The average Bonchev–Trinajstić information content (AvgIpc) is 3.33. The summed E-state index contributed by atoms with van der Waals surface area (Å²) >= 11 is 12.1. The summed E-state index contributed by atoms with van der Waals surface area (Å²) in [5.74, 6) is 0.481. The van der Waals surface area contributed by atoms with E-state index in [-0.39, 0.29) is 29.0 Å². The Bertz CT molecular complexity index is 1570. The van der Waals surface area contributed by atoms with Crippen LogP contribution in [0.2, 0.25) is 10.0 Å². The number of hydrogen-bond donors (Lipinski definition) is 2. The number of piperidine rings is 1. The van der Waals surface area contributed by atoms with Gasteiger partial charge in [-0.05, 0) is 56.2 Å². The molecule has 5 rings (SSSR count). The molecule has 12 heteroatoms. The number of halogens is 2. The molecule has 198 valence electrons. The number of nitrogens with one attached hydrogen (secondary N) is 2. The first-order valence-electron chi connectivity index (χ1n) is 12.1. The fourth-order valence-electron chi connectivity index (χ4n) is 4.52. The number of likely N-dealkylation sites (tertiary alicyclic amines) is 1. The lowest BCUT2D eigenvalue weighted by Gasteiger charge is -2.33. The van der Waals surface area contributed by atoms with E-state index in [1.54, 1.807) is 53.4 Å². The minimum Gasteiger partial charge on any atom is -0.376 e. The molecular formula is C26H26Cl2N6O3S. The van der Waals surface area contributed by atoms with Gasteiger partial charge in [0.2, 0.25) is 5.91 Å². The molecule has 38 heavy (non-hydrogen) atoms. The standard InChI is InChI=1S/C26H26Cl2N6O3S/c1-17-4-6-22(7-5-17)38(36,37)34-10-8-23-25(30-16-31-26(23)34)32-20-3-2-9-33(15-20)24(35)14-29-21-12-18(27)11-19(28)13-21/h4-8,10-13,16,20,29H,2-3,9,14-15H2,1H3,(H,30,31,32)/t20-/m0/s1. The predicted molar refractivity (Wildman–Crippen MR) is 149 cm³/mol. The molecular weight excluding hydrogens is 547 g/mol. The molecule has 0 spiro atoms. The van der Waals surface area contributed by atoms with Gasteiger partial charge in [0.25, 0.3) is 10.0 Å². The summed E-state index contributed by atoms with van der Waals surface area (Å²) in [4.78, 5) is 23.5. The molecule has 0 aliphatic carbocycles. The van der Waals surface area contributed by atoms with Crippen molar-refractivity contribution in [3.8, 4) is 0 Å². The van der Waals surface area contributed by atoms with E-state index in [0.717, 1.165) is 18.4 Å². The summed E-state index contributed by atoms with van der Waals surface area (Å²) in [5, 5.41) is 8.06. The molecule has 0 radical (unpaired) electrons. The van der Waals surface area contributed by atoms with Crippen LogP contribution in [0.3, 0.4) is 0 Å². The Kier molecular flexibility index (Phi) is 7.47. The first-order chi connectivity index (χ1) is 18.2. The van der Waals surface area contributed by atoms with Gasteiger partial charge in [0.15, 0.2) is 5.65 Å². The summed E-state index contributed by atoms with van der Waals surface area (Å²) in [6.45, 7) is 3.16. The van der Waals surface area contributed by atoms with Gasteiger partial charge in [0.1, 0.15) is 12.1 Å². The number of carbonyl (C=O) groups is 1. The quantitative estimate of drug-likeness (QED) is 0.327. The van der Waals surface area contributed by atoms with E-state index in [2.05, 4.69) is 20.6 Å². The number of aromatic nitrogens is 3. The van der Waals surface area contributed by atoms with E-state index in [4.69, 9.17) is 23.2 Å². The summed E-state index contributed by atoms with van der Waals surface area (Å²) < 4.78 is 27.7. The molecule has 0 bridgehead atoms. The Balaban J connectivity index is 1.29. The number of aryl methyl sites for hydroxylation is 1. The van der Waals surface area contributed by atoms with E-state index in [1.807, 2.05) is 6.92 Å². The highest BCUT2D eigenvalue weighted by Crippen LogP contribution is 2.27. The van der Waals surface area contributed by atoms with Gasteiger partial charge in [0, 0.05) is 41.1 Å². The zero-order valence-electron chi connectivity index (χ0n) is 20.6. The number of carbonyl (C=O) groups excluding carboxylic acids is 1. The van der Waals surface area contributed by atoms with Gasteiger partial charge < -0.3 is 15.5 Å². The van der Waals surface area contributed by atoms with E-state index in [9.17, 15) is 13.2 Å². The van der Waals surface area contributed by atoms with Gasteiger partial charge in [-0.25, -0.2) is 22.4 Å². The average molecular weight is 574 g/mol. The van der Waals surface area contributed by atoms with Crippen LogP contribution in [-0.2, 0) is 14.8 Å². The number of rotatable bonds is 7. The number of benzene rings is 2. The van der Waals surface area contributed by atoms with Crippen LogP contribution < -0.4 is 10.6 Å². The molecule has 3 heterocycles. The van der Waals surface area contributed by atoms with Crippen molar-refractivity contribution in [1.29, 1.82) is 0 Å². The van der Waals surface area contributed by atoms with Gasteiger partial charge in [-0.15, -0.1) is 0 Å². The molecule has 1 atom stereocenters. The van der Waals surface area contributed by atoms with Gasteiger partial charge in [-0.2, -0.15) is 0 Å². The number of amides is 1. The minimum absolute atomic E-state index is 0.0456. The second-order valence-corrected chi connectivity index (χ2v) is 11.9. The van der Waals surface area contributed by atoms with Crippen molar-refractivity contribution in [3.05, 3.63) is 76.7 Å². The molecule has 2 N–H and O–H groups in total. The van der Waals surface area contributed by atoms with Gasteiger partial charge in [0.05, 0.1) is 16.8 Å². The third-order valence-corrected chi connectivity index (χ3v) is 8.56. The van der Waals surface area contributed by atoms with Crippen LogP contribution in [0, 0.1) is 6.92 Å². The number of nitrogens with zero attached hydrogens (tertiary/aromatic N) is 4. The lowest BCUT2D eigenvalue weighted by Crippen LogP contribution is -2.47. The Labute approximate surface area is 230 Å². The van der Waals surface area contributed by atoms with Crippen LogP contribution in [0.15, 0.2) is 66.0 Å². The van der Waals surface area contributed by atoms with Crippen LogP contribution in [0.5, 0.6) is 0 Å². The highest BCUT2D eigenvalue weighted by Gasteiger charge is 2.26. The van der Waals surface area contributed by atoms with Crippen LogP contribution in [0.4, 0.5) is 11.5 Å². The van der Waals surface area contributed by atoms with Crippen molar-refractivity contribution in [1.82, 2.24) is 18.8 Å². The van der Waals surface area contributed by atoms with E-state index in [0.29, 0.717) is 40.0 Å². The molecule has 1 aliphatic rings. The molecule has 4 aromatic rings. The third kappa shape index (κ3) is 5.57. The zero-order chi connectivity index (χ0) is 26.9. The maximum atomic E-state index is 13.3. The van der Waals surface area contributed by atoms with Gasteiger partial charge in [-0.1, -0.05) is 40.9 Å². The van der Waals surface area contributed by atoms with Crippen molar-refractivity contribution in [2.45, 2.75) is 30.7 Å². The summed E-state index contributed by atoms with van der Waals surface area (Å²) in [7, 11) is -3.82. The first kappa shape index (κ1) is 26.3. The SMILES string of the molecule is Cc1ccc(S(=O)(=O)n2ccc3c(N[C@H]4CCCN(C(=O)CNc5cc(Cl)cc(Cl)c5)C4)ncnc32)cc1. The van der Waals surface area contributed by atoms with Crippen LogP contribution in [-0.4, -0.2) is 58.8 Å². The van der Waals surface area contributed by atoms with Crippen molar-refractivity contribution < 1.29 is 13.2 Å². The summed E-state index contributed by atoms with van der Waals surface area (Å²) in [6, 6.07) is 13.4. The zero-order valence-corrected chi connectivity index (χ0v) is 22.9. The fraction of sp³-hybridized carbons (Fsp3) is 0.269. The molecule has 1 saturated heterocycles. The monoisotopic (exact) mass is 572 g/mol. The molecule has 2 aromatic heterocycles. The summed E-state index contributed by atoms with van der Waals surface area (Å²) in [6.07, 6.45) is 4.50. The number of hydrogen-bond acceptors (Lipinski definition) is 7. The number of fused-ring (bicyclic) bond motifs is 1. The molecule has 2 aromatic carbocycles. The second kappa shape index (κ2) is 10.8. The van der Waals surface area contributed by atoms with Gasteiger partial charge in [-0.3, -0.25) is 4.79 Å². The second-order valence-electron chi connectivity index (χ2n) is 9.22. The van der Waals surface area contributed by atoms with Crippen LogP contribution in [0.1, 0.15) is 18.4 Å². The largest absolute Gasteiger partial charge is 0.376 e. The normalized spacial score (nSPS) is 16.0. The van der Waals surface area contributed by atoms with E-state index >= 15 is 0 Å². The van der Waals surface area contributed by atoms with E-state index in [1.165, 1.54) is 16.5 Å². The highest BCUT2D eigenvalue weighted by atomic mass is 35.5. The molecule has 1 fully saturated rings. The third-order valence-electron chi connectivity index (χ3n) is 6.45. The Morgan fingerprint density at radius 1 is 1.08 bits per heavy atom. The topological polar surface area (TPSA) is 109 Å². The maximum absolute atomic E-state index is 13.3. The number of anilines is 2. The molecule has 9 nitrogen and oxygen atoms in total. The van der Waals surface area contributed by atoms with Crippen molar-refractivity contribution in [2.75, 3.05) is 30.3 Å². The Hall–Kier alpha value is -3.34. The summed E-state index contributed by atoms with van der Waals surface area (Å²) in [5.41, 5.74) is 1.94. The van der Waals surface area contributed by atoms with Gasteiger partial charge >= 0.3 is 0 Å². The van der Waals surface area contributed by atoms with Crippen molar-refractivity contribution in [2.24, 2.45) is 0 Å². The molecule has 0 unspecified atom stereocenters. The van der Waals surface area contributed by atoms with Crippen molar-refractivity contribution >= 4 is 61.7 Å². The Morgan fingerprint density at radius 3 is 2.55 bits per heavy atom. The molecule has 1 aliphatic heterocycles. The molecule has 1 amide bonds. The molecule has 0 saturated carbocycles. The van der Waals surface area contributed by atoms with E-state index < -0.39 is 10.0 Å². The minimum atomic E-state index is -3.82. The smallest absolute Gasteiger partial charge is 0.269 e. The predicted octanol–water partition coefficient (Wildman–Crippen LogP) is 4.80. The fourth-order valence-corrected chi connectivity index (χ4v) is 6.35. The lowest BCUT2D eigenvalue weighted by molar-refractivity contribution is -0.130.